The van der Waals surface area contributed by atoms with Gasteiger partial charge in [0.05, 0.1) is 40.9 Å². The molecule has 9 heteroatoms. The molecule has 35 heavy (non-hydrogen) atoms. The SMILES string of the molecule is COc1ccc(OC)c(C2/C(=C(\[O-])c3ccc4c(c3)OCCO4)C(=O)C(=O)N2CCC[NH+](C)C)c1. The van der Waals surface area contributed by atoms with Gasteiger partial charge >= 0.3 is 0 Å². The number of hydrogen-bond acceptors (Lipinski definition) is 7. The lowest BCUT2D eigenvalue weighted by atomic mass is 9.94. The van der Waals surface area contributed by atoms with E-state index in [0.29, 0.717) is 54.7 Å². The molecule has 9 nitrogen and oxygen atoms in total. The highest BCUT2D eigenvalue weighted by Crippen LogP contribution is 2.44. The second-order valence-electron chi connectivity index (χ2n) is 8.75. The number of benzene rings is 2. The number of likely N-dealkylation sites (tertiary alicyclic amines) is 1. The fraction of sp³-hybridized carbons (Fsp3) is 0.385. The lowest BCUT2D eigenvalue weighted by Gasteiger charge is -2.29. The molecule has 2 aliphatic heterocycles. The number of Topliss-reactive ketones (excluding diaryl/α,β-unsaturated/α-hetero) is 1. The summed E-state index contributed by atoms with van der Waals surface area (Å²) in [6.45, 7) is 1.90. The van der Waals surface area contributed by atoms with E-state index >= 15 is 0 Å². The Hall–Kier alpha value is -3.72. The summed E-state index contributed by atoms with van der Waals surface area (Å²) in [6, 6.07) is 9.01. The van der Waals surface area contributed by atoms with Crippen molar-refractivity contribution >= 4 is 17.4 Å². The molecule has 1 saturated heterocycles. The van der Waals surface area contributed by atoms with E-state index < -0.39 is 23.5 Å². The Bertz CT molecular complexity index is 1160. The number of carbonyl (C=O) groups is 2. The van der Waals surface area contributed by atoms with Crippen molar-refractivity contribution in [3.05, 3.63) is 53.1 Å². The molecule has 1 fully saturated rings. The van der Waals surface area contributed by atoms with Crippen LogP contribution in [0.2, 0.25) is 0 Å². The van der Waals surface area contributed by atoms with Gasteiger partial charge in [-0.25, -0.2) is 0 Å². The van der Waals surface area contributed by atoms with Crippen LogP contribution in [0.1, 0.15) is 23.6 Å². The predicted octanol–water partition coefficient (Wildman–Crippen LogP) is 0.234. The van der Waals surface area contributed by atoms with Crippen LogP contribution in [0.25, 0.3) is 5.76 Å². The molecule has 0 radical (unpaired) electrons. The van der Waals surface area contributed by atoms with Gasteiger partial charge in [-0.05, 0) is 35.9 Å². The molecule has 0 spiro atoms. The molecule has 1 unspecified atom stereocenters. The molecular formula is C26H30N2O7. The summed E-state index contributed by atoms with van der Waals surface area (Å²) in [7, 11) is 7.07. The van der Waals surface area contributed by atoms with Gasteiger partial charge in [-0.2, -0.15) is 0 Å². The van der Waals surface area contributed by atoms with Crippen LogP contribution in [0.3, 0.4) is 0 Å². The van der Waals surface area contributed by atoms with Gasteiger partial charge in [0.15, 0.2) is 11.5 Å². The first-order chi connectivity index (χ1) is 16.8. The zero-order chi connectivity index (χ0) is 25.1. The maximum atomic E-state index is 13.7. The van der Waals surface area contributed by atoms with E-state index in [1.807, 2.05) is 14.1 Å². The normalized spacial score (nSPS) is 18.8. The maximum absolute atomic E-state index is 13.7. The summed E-state index contributed by atoms with van der Waals surface area (Å²) >= 11 is 0. The molecule has 1 atom stereocenters. The van der Waals surface area contributed by atoms with Crippen LogP contribution in [-0.2, 0) is 9.59 Å². The first-order valence-electron chi connectivity index (χ1n) is 11.5. The van der Waals surface area contributed by atoms with Gasteiger partial charge in [0.1, 0.15) is 24.7 Å². The molecule has 186 valence electrons. The third kappa shape index (κ3) is 4.77. The summed E-state index contributed by atoms with van der Waals surface area (Å²) in [4.78, 5) is 29.1. The molecule has 0 bridgehead atoms. The van der Waals surface area contributed by atoms with Crippen LogP contribution in [0.15, 0.2) is 42.0 Å². The first kappa shape index (κ1) is 24.4. The molecule has 4 rings (SSSR count). The number of quaternary nitrogens is 1. The van der Waals surface area contributed by atoms with E-state index in [1.54, 1.807) is 36.4 Å². The number of carbonyl (C=O) groups excluding carboxylic acids is 2. The monoisotopic (exact) mass is 482 g/mol. The standard InChI is InChI=1S/C26H30N2O7/c1-27(2)10-5-11-28-23(18-15-17(32-3)7-9-19(18)33-4)22(25(30)26(28)31)24(29)16-6-8-20-21(14-16)35-13-12-34-20/h6-9,14-15,23,29H,5,10-13H2,1-4H3/b24-22+. The summed E-state index contributed by atoms with van der Waals surface area (Å²) in [5.74, 6) is -0.0981. The zero-order valence-corrected chi connectivity index (χ0v) is 20.4. The van der Waals surface area contributed by atoms with E-state index in [0.717, 1.165) is 6.54 Å². The van der Waals surface area contributed by atoms with Gasteiger partial charge in [-0.1, -0.05) is 11.8 Å². The summed E-state index contributed by atoms with van der Waals surface area (Å²) in [6.07, 6.45) is 0.662. The minimum atomic E-state index is -0.905. The van der Waals surface area contributed by atoms with Crippen LogP contribution < -0.4 is 29.0 Å². The van der Waals surface area contributed by atoms with Crippen LogP contribution >= 0.6 is 0 Å². The fourth-order valence-electron chi connectivity index (χ4n) is 4.42. The fourth-order valence-corrected chi connectivity index (χ4v) is 4.42. The quantitative estimate of drug-likeness (QED) is 0.327. The predicted molar refractivity (Wildman–Crippen MR) is 126 cm³/mol. The zero-order valence-electron chi connectivity index (χ0n) is 20.4. The Balaban J connectivity index is 1.85. The van der Waals surface area contributed by atoms with Gasteiger partial charge in [-0.15, -0.1) is 0 Å². The van der Waals surface area contributed by atoms with Crippen LogP contribution in [0, 0.1) is 0 Å². The number of rotatable bonds is 8. The average molecular weight is 483 g/mol. The van der Waals surface area contributed by atoms with Crippen molar-refractivity contribution in [2.75, 3.05) is 54.6 Å². The molecule has 2 aliphatic rings. The topological polar surface area (TPSA) is 102 Å². The number of methoxy groups -OCH3 is 2. The highest BCUT2D eigenvalue weighted by atomic mass is 16.6. The maximum Gasteiger partial charge on any atom is 0.295 e. The first-order valence-corrected chi connectivity index (χ1v) is 11.5. The van der Waals surface area contributed by atoms with Gasteiger partial charge in [0, 0.05) is 24.1 Å². The molecule has 2 aromatic carbocycles. The molecule has 0 aliphatic carbocycles. The molecular weight excluding hydrogens is 452 g/mol. The number of amides is 1. The van der Waals surface area contributed by atoms with Crippen molar-refractivity contribution in [2.24, 2.45) is 0 Å². The second-order valence-corrected chi connectivity index (χ2v) is 8.75. The van der Waals surface area contributed by atoms with Crippen molar-refractivity contribution in [3.8, 4) is 23.0 Å². The number of ether oxygens (including phenoxy) is 4. The lowest BCUT2D eigenvalue weighted by molar-refractivity contribution is -0.858. The summed E-state index contributed by atoms with van der Waals surface area (Å²) in [5, 5.41) is 13.7. The van der Waals surface area contributed by atoms with Crippen LogP contribution in [-0.4, -0.2) is 71.2 Å². The number of fused-ring (bicyclic) bond motifs is 1. The van der Waals surface area contributed by atoms with E-state index in [2.05, 4.69) is 0 Å². The van der Waals surface area contributed by atoms with E-state index in [9.17, 15) is 14.7 Å². The number of nitrogens with one attached hydrogen (secondary N) is 1. The molecule has 1 N–H and O–H groups in total. The Morgan fingerprint density at radius 1 is 1.06 bits per heavy atom. The van der Waals surface area contributed by atoms with E-state index in [4.69, 9.17) is 18.9 Å². The Morgan fingerprint density at radius 3 is 2.49 bits per heavy atom. The average Bonchev–Trinajstić information content (AvgIpc) is 3.12. The summed E-state index contributed by atoms with van der Waals surface area (Å²) in [5.41, 5.74) is 0.649. The van der Waals surface area contributed by atoms with Crippen molar-refractivity contribution in [3.63, 3.8) is 0 Å². The molecule has 0 saturated carbocycles. The third-order valence-corrected chi connectivity index (χ3v) is 6.14. The molecule has 2 aromatic rings. The van der Waals surface area contributed by atoms with Gasteiger partial charge in [-0.3, -0.25) is 9.59 Å². The highest BCUT2D eigenvalue weighted by Gasteiger charge is 2.45. The smallest absolute Gasteiger partial charge is 0.295 e. The van der Waals surface area contributed by atoms with E-state index in [-0.39, 0.29) is 11.1 Å². The largest absolute Gasteiger partial charge is 0.872 e. The number of nitrogens with zero attached hydrogens (tertiary/aromatic N) is 1. The van der Waals surface area contributed by atoms with Crippen molar-refractivity contribution in [1.29, 1.82) is 0 Å². The van der Waals surface area contributed by atoms with Crippen LogP contribution in [0.5, 0.6) is 23.0 Å². The molecule has 2 heterocycles. The number of hydrogen-bond donors (Lipinski definition) is 1. The van der Waals surface area contributed by atoms with Gasteiger partial charge < -0.3 is 33.9 Å². The van der Waals surface area contributed by atoms with Crippen LogP contribution in [0.4, 0.5) is 0 Å². The molecule has 1 amide bonds. The Morgan fingerprint density at radius 2 is 1.80 bits per heavy atom. The number of ketones is 1. The minimum absolute atomic E-state index is 0.115. The van der Waals surface area contributed by atoms with Crippen molar-refractivity contribution < 1.29 is 38.5 Å². The van der Waals surface area contributed by atoms with E-state index in [1.165, 1.54) is 24.0 Å². The lowest BCUT2D eigenvalue weighted by Crippen LogP contribution is -3.05. The van der Waals surface area contributed by atoms with Crippen molar-refractivity contribution in [1.82, 2.24) is 4.90 Å². The van der Waals surface area contributed by atoms with Gasteiger partial charge in [0.2, 0.25) is 5.78 Å². The highest BCUT2D eigenvalue weighted by molar-refractivity contribution is 6.46. The summed E-state index contributed by atoms with van der Waals surface area (Å²) < 4.78 is 22.1. The van der Waals surface area contributed by atoms with Crippen molar-refractivity contribution in [2.45, 2.75) is 12.5 Å². The minimum Gasteiger partial charge on any atom is -0.872 e. The third-order valence-electron chi connectivity index (χ3n) is 6.14. The Labute approximate surface area is 204 Å². The Kier molecular flexibility index (Phi) is 7.16. The molecule has 0 aromatic heterocycles. The van der Waals surface area contributed by atoms with Gasteiger partial charge in [0.25, 0.3) is 5.91 Å². The second kappa shape index (κ2) is 10.3.